The molecular formula is C12H25NO3SW. The molecule has 1 aliphatic carbocycles. The van der Waals surface area contributed by atoms with Crippen LogP contribution in [0.4, 0.5) is 0 Å². The van der Waals surface area contributed by atoms with Gasteiger partial charge in [0, 0.05) is 0 Å². The molecule has 1 fully saturated rings. The molecule has 1 aliphatic rings. The van der Waals surface area contributed by atoms with Crippen molar-refractivity contribution >= 4 is 10.1 Å². The van der Waals surface area contributed by atoms with Gasteiger partial charge in [-0.25, -0.2) is 0 Å². The molecule has 0 bridgehead atoms. The average molecular weight is 447 g/mol. The van der Waals surface area contributed by atoms with E-state index in [2.05, 4.69) is 5.32 Å². The maximum atomic E-state index is 10.8. The van der Waals surface area contributed by atoms with Crippen LogP contribution in [0.15, 0.2) is 0 Å². The van der Waals surface area contributed by atoms with Gasteiger partial charge >= 0.3 is 21.1 Å². The SMILES string of the molecule is C[N-]CCC1CCC(COS(C)(=O)=O)CC1.[CH3-].[W+2]. The van der Waals surface area contributed by atoms with Crippen LogP contribution in [0.1, 0.15) is 32.1 Å². The minimum Gasteiger partial charge on any atom is -0.665 e. The van der Waals surface area contributed by atoms with Gasteiger partial charge < -0.3 is 12.7 Å². The molecule has 0 unspecified atom stereocenters. The second-order valence-corrected chi connectivity index (χ2v) is 6.35. The van der Waals surface area contributed by atoms with E-state index in [0.717, 1.165) is 31.6 Å². The normalized spacial score (nSPS) is 23.9. The predicted molar refractivity (Wildman–Crippen MR) is 71.4 cm³/mol. The summed E-state index contributed by atoms with van der Waals surface area (Å²) in [6.45, 7) is 1.32. The molecule has 1 saturated carbocycles. The standard InChI is InChI=1S/C11H22NO3S.CH3.W/c1-12-8-7-10-3-5-11(6-4-10)9-15-16(2,13)14;;/h10-11H,3-9H2,1-2H3;1H3;/q2*-1;+2. The fraction of sp³-hybridized carbons (Fsp3) is 0.917. The Hall–Kier alpha value is 0.558. The molecular weight excluding hydrogens is 422 g/mol. The van der Waals surface area contributed by atoms with Crippen LogP contribution >= 0.6 is 0 Å². The number of hydrogen-bond acceptors (Lipinski definition) is 3. The Bertz CT molecular complexity index is 288. The second kappa shape index (κ2) is 10.4. The summed E-state index contributed by atoms with van der Waals surface area (Å²) in [5.74, 6) is 1.20. The van der Waals surface area contributed by atoms with E-state index in [-0.39, 0.29) is 28.5 Å². The zero-order valence-electron chi connectivity index (χ0n) is 11.6. The van der Waals surface area contributed by atoms with Gasteiger partial charge in [-0.05, 0) is 24.7 Å². The molecule has 1 rings (SSSR count). The third-order valence-corrected chi connectivity index (χ3v) is 3.81. The largest absolute Gasteiger partial charge is 2.00 e. The van der Waals surface area contributed by atoms with Gasteiger partial charge in [-0.2, -0.15) is 15.5 Å². The van der Waals surface area contributed by atoms with E-state index in [1.165, 1.54) is 19.3 Å². The molecule has 0 aliphatic heterocycles. The van der Waals surface area contributed by atoms with E-state index >= 15 is 0 Å². The first-order chi connectivity index (χ1) is 7.51. The summed E-state index contributed by atoms with van der Waals surface area (Å²) in [6, 6.07) is 0. The molecule has 0 spiro atoms. The topological polar surface area (TPSA) is 57.5 Å². The molecule has 0 amide bonds. The van der Waals surface area contributed by atoms with Crippen LogP contribution in [-0.4, -0.2) is 34.9 Å². The number of hydrogen-bond donors (Lipinski definition) is 0. The van der Waals surface area contributed by atoms with Crippen molar-refractivity contribution in [2.24, 2.45) is 11.8 Å². The fourth-order valence-corrected chi connectivity index (χ4v) is 2.66. The van der Waals surface area contributed by atoms with E-state index in [1.54, 1.807) is 0 Å². The summed E-state index contributed by atoms with van der Waals surface area (Å²) in [7, 11) is -1.41. The Morgan fingerprint density at radius 1 is 1.17 bits per heavy atom. The van der Waals surface area contributed by atoms with Gasteiger partial charge in [0.1, 0.15) is 0 Å². The first-order valence-electron chi connectivity index (χ1n) is 5.91. The summed E-state index contributed by atoms with van der Waals surface area (Å²) in [6.07, 6.45) is 6.84. The van der Waals surface area contributed by atoms with E-state index in [4.69, 9.17) is 4.18 Å². The fourth-order valence-electron chi connectivity index (χ4n) is 2.22. The average Bonchev–Trinajstić information content (AvgIpc) is 2.24. The molecule has 6 heteroatoms. The molecule has 108 valence electrons. The summed E-state index contributed by atoms with van der Waals surface area (Å²) in [5.41, 5.74) is 0. The minimum atomic E-state index is -3.27. The number of rotatable bonds is 6. The number of nitrogens with zero attached hydrogens (tertiary/aromatic N) is 1. The maximum Gasteiger partial charge on any atom is 2.00 e. The van der Waals surface area contributed by atoms with Crippen LogP contribution in [0.3, 0.4) is 0 Å². The Kier molecular flexibility index (Phi) is 12.0. The molecule has 18 heavy (non-hydrogen) atoms. The second-order valence-electron chi connectivity index (χ2n) is 4.70. The maximum absolute atomic E-state index is 10.8. The summed E-state index contributed by atoms with van der Waals surface area (Å²) in [4.78, 5) is 0. The molecule has 0 aromatic heterocycles. The molecule has 0 atom stereocenters. The van der Waals surface area contributed by atoms with Crippen LogP contribution in [0.25, 0.3) is 5.32 Å². The summed E-state index contributed by atoms with van der Waals surface area (Å²) in [5, 5.41) is 4.11. The van der Waals surface area contributed by atoms with E-state index in [1.807, 2.05) is 7.05 Å². The van der Waals surface area contributed by atoms with Gasteiger partial charge in [0.25, 0.3) is 10.1 Å². The quantitative estimate of drug-likeness (QED) is 0.465. The Balaban J connectivity index is 0. The smallest absolute Gasteiger partial charge is 0.665 e. The molecule has 0 aromatic rings. The van der Waals surface area contributed by atoms with Crippen molar-refractivity contribution in [2.75, 3.05) is 26.5 Å². The molecule has 0 N–H and O–H groups in total. The van der Waals surface area contributed by atoms with Gasteiger partial charge in [0.15, 0.2) is 0 Å². The van der Waals surface area contributed by atoms with Gasteiger partial charge in [-0.1, -0.05) is 19.3 Å². The molecule has 0 saturated heterocycles. The van der Waals surface area contributed by atoms with E-state index < -0.39 is 10.1 Å². The third kappa shape index (κ3) is 9.48. The van der Waals surface area contributed by atoms with Crippen molar-refractivity contribution in [3.63, 3.8) is 0 Å². The predicted octanol–water partition coefficient (Wildman–Crippen LogP) is 2.61. The van der Waals surface area contributed by atoms with Gasteiger partial charge in [-0.3, -0.25) is 4.18 Å². The van der Waals surface area contributed by atoms with Crippen molar-refractivity contribution in [3.05, 3.63) is 12.7 Å². The molecule has 0 aromatic carbocycles. The van der Waals surface area contributed by atoms with Crippen molar-refractivity contribution in [3.8, 4) is 0 Å². The van der Waals surface area contributed by atoms with Crippen LogP contribution in [-0.2, 0) is 35.4 Å². The van der Waals surface area contributed by atoms with Crippen LogP contribution in [0.5, 0.6) is 0 Å². The van der Waals surface area contributed by atoms with Gasteiger partial charge in [-0.15, -0.1) is 6.54 Å². The zero-order valence-corrected chi connectivity index (χ0v) is 15.3. The molecule has 4 nitrogen and oxygen atoms in total. The summed E-state index contributed by atoms with van der Waals surface area (Å²) >= 11 is 0. The van der Waals surface area contributed by atoms with Gasteiger partial charge in [0.05, 0.1) is 12.9 Å². The van der Waals surface area contributed by atoms with Crippen molar-refractivity contribution < 1.29 is 33.7 Å². The van der Waals surface area contributed by atoms with Crippen LogP contribution in [0, 0.1) is 19.3 Å². The summed E-state index contributed by atoms with van der Waals surface area (Å²) < 4.78 is 26.5. The molecule has 0 radical (unpaired) electrons. The Morgan fingerprint density at radius 3 is 2.11 bits per heavy atom. The van der Waals surface area contributed by atoms with E-state index in [0.29, 0.717) is 12.5 Å². The van der Waals surface area contributed by atoms with Crippen LogP contribution < -0.4 is 0 Å². The molecule has 0 heterocycles. The minimum absolute atomic E-state index is 0. The Labute approximate surface area is 127 Å². The van der Waals surface area contributed by atoms with Crippen molar-refractivity contribution in [1.82, 2.24) is 0 Å². The first kappa shape index (κ1) is 20.9. The van der Waals surface area contributed by atoms with Crippen molar-refractivity contribution in [1.29, 1.82) is 0 Å². The third-order valence-electron chi connectivity index (χ3n) is 3.25. The first-order valence-corrected chi connectivity index (χ1v) is 7.73. The van der Waals surface area contributed by atoms with Gasteiger partial charge in [0.2, 0.25) is 0 Å². The Morgan fingerprint density at radius 2 is 1.67 bits per heavy atom. The van der Waals surface area contributed by atoms with Crippen molar-refractivity contribution in [2.45, 2.75) is 32.1 Å². The monoisotopic (exact) mass is 447 g/mol. The van der Waals surface area contributed by atoms with Crippen LogP contribution in [0.2, 0.25) is 0 Å². The van der Waals surface area contributed by atoms with E-state index in [9.17, 15) is 8.42 Å². The zero-order chi connectivity index (χ0) is 12.0.